The molecular formula is C52H70N18O10S2. The molecule has 0 radical (unpaired) electrons. The molecule has 2 amide bonds. The van der Waals surface area contributed by atoms with Crippen LogP contribution in [0.15, 0.2) is 94.7 Å². The molecule has 0 aliphatic rings. The number of carbonyl (C=O) groups is 2. The number of aromatic nitrogens is 6. The third-order valence-corrected chi connectivity index (χ3v) is 13.7. The molecule has 0 saturated carbocycles. The third kappa shape index (κ3) is 20.5. The number of benzene rings is 4. The molecule has 16 N–H and O–H groups in total. The van der Waals surface area contributed by atoms with Gasteiger partial charge in [-0.05, 0) is 163 Å². The number of hydrogen-bond donors (Lipinski definition) is 14. The Labute approximate surface area is 475 Å². The minimum Gasteiger partial charge on any atom is -0.395 e. The maximum atomic E-state index is 12.9. The van der Waals surface area contributed by atoms with Crippen LogP contribution in [0.5, 0.6) is 0 Å². The van der Waals surface area contributed by atoms with Gasteiger partial charge in [-0.2, -0.15) is 46.7 Å². The first-order valence-corrected chi connectivity index (χ1v) is 29.0. The first-order chi connectivity index (χ1) is 39.3. The average Bonchev–Trinajstić information content (AvgIpc) is 3.58. The van der Waals surface area contributed by atoms with E-state index in [1.807, 2.05) is 14.1 Å². The summed E-state index contributed by atoms with van der Waals surface area (Å²) < 4.78 is 72.7. The Kier molecular flexibility index (Phi) is 24.1. The zero-order valence-corrected chi connectivity index (χ0v) is 47.0. The topological polar surface area (TPSA) is 415 Å². The van der Waals surface area contributed by atoms with E-state index >= 15 is 0 Å². The van der Waals surface area contributed by atoms with Gasteiger partial charge in [0.15, 0.2) is 0 Å². The van der Waals surface area contributed by atoms with Crippen LogP contribution in [-0.4, -0.2) is 180 Å². The lowest BCUT2D eigenvalue weighted by Crippen LogP contribution is -2.26. The number of hydrogen-bond acceptors (Lipinski definition) is 24. The van der Waals surface area contributed by atoms with Crippen molar-refractivity contribution >= 4 is 103 Å². The van der Waals surface area contributed by atoms with Crippen molar-refractivity contribution in [3.8, 4) is 0 Å². The van der Waals surface area contributed by atoms with Crippen molar-refractivity contribution < 1.29 is 45.7 Å². The number of aliphatic hydroxyl groups excluding tert-OH is 2. The number of anilines is 10. The van der Waals surface area contributed by atoms with Gasteiger partial charge in [0.25, 0.3) is 32.1 Å². The van der Waals surface area contributed by atoms with E-state index in [1.54, 1.807) is 48.5 Å². The van der Waals surface area contributed by atoms with Gasteiger partial charge in [0.2, 0.25) is 35.7 Å². The minimum atomic E-state index is -4.94. The number of nitrogens with two attached hydrogens (primary N) is 2. The molecule has 82 heavy (non-hydrogen) atoms. The molecule has 2 aromatic heterocycles. The normalized spacial score (nSPS) is 11.7. The van der Waals surface area contributed by atoms with E-state index in [4.69, 9.17) is 21.7 Å². The summed E-state index contributed by atoms with van der Waals surface area (Å²) in [7, 11) is -5.89. The van der Waals surface area contributed by atoms with Crippen LogP contribution in [0.4, 0.5) is 58.4 Å². The molecule has 0 unspecified atom stereocenters. The monoisotopic (exact) mass is 1170 g/mol. The van der Waals surface area contributed by atoms with Gasteiger partial charge >= 0.3 is 0 Å². The summed E-state index contributed by atoms with van der Waals surface area (Å²) in [6, 6.07) is 20.8. The number of amides is 2. The van der Waals surface area contributed by atoms with Crippen LogP contribution in [-0.2, 0) is 20.2 Å². The quantitative estimate of drug-likeness (QED) is 0.0156. The molecule has 0 bridgehead atoms. The number of rotatable bonds is 34. The molecule has 6 aromatic rings. The van der Waals surface area contributed by atoms with E-state index in [1.165, 1.54) is 36.4 Å². The highest BCUT2D eigenvalue weighted by Crippen LogP contribution is 2.29. The molecule has 0 aliphatic carbocycles. The van der Waals surface area contributed by atoms with Crippen molar-refractivity contribution in [3.05, 3.63) is 107 Å². The van der Waals surface area contributed by atoms with Gasteiger partial charge in [-0.25, -0.2) is 0 Å². The van der Waals surface area contributed by atoms with Gasteiger partial charge < -0.3 is 74.0 Å². The van der Waals surface area contributed by atoms with Gasteiger partial charge in [-0.1, -0.05) is 24.3 Å². The molecule has 2 heterocycles. The van der Waals surface area contributed by atoms with Crippen LogP contribution < -0.4 is 54.0 Å². The van der Waals surface area contributed by atoms with Crippen molar-refractivity contribution in [1.29, 1.82) is 0 Å². The molecule has 0 spiro atoms. The lowest BCUT2D eigenvalue weighted by Gasteiger charge is -2.16. The predicted octanol–water partition coefficient (Wildman–Crippen LogP) is 3.30. The van der Waals surface area contributed by atoms with Gasteiger partial charge in [0.05, 0.1) is 13.2 Å². The Hall–Kier alpha value is -8.04. The van der Waals surface area contributed by atoms with E-state index in [0.29, 0.717) is 48.7 Å². The summed E-state index contributed by atoms with van der Waals surface area (Å²) in [5.41, 5.74) is 13.2. The first kappa shape index (κ1) is 63.1. The van der Waals surface area contributed by atoms with Gasteiger partial charge in [-0.3, -0.25) is 18.7 Å². The summed E-state index contributed by atoms with van der Waals surface area (Å²) in [6.45, 7) is 5.07. The SMILES string of the molecule is CN(CCCN)CCCNc1nc(Nc2ccc(C(=O)NCCO)cc2)nc(Nc2ccc(C=Cc3ccc(Nc4nc(NCCCN(C)CCCN)nc(Nc5ccc(C(=O)NCCO)cc5)n4)cc3S(=O)(=O)O)c(S(=O)(=O)O)c2)n1. The summed E-state index contributed by atoms with van der Waals surface area (Å²) in [5.74, 6) is -0.316. The van der Waals surface area contributed by atoms with Crippen molar-refractivity contribution in [3.63, 3.8) is 0 Å². The smallest absolute Gasteiger partial charge is 0.295 e. The second-order valence-corrected chi connectivity index (χ2v) is 21.2. The third-order valence-electron chi connectivity index (χ3n) is 11.9. The summed E-state index contributed by atoms with van der Waals surface area (Å²) in [4.78, 5) is 54.9. The Balaban J connectivity index is 1.24. The van der Waals surface area contributed by atoms with Gasteiger partial charge in [0.1, 0.15) is 9.79 Å². The van der Waals surface area contributed by atoms with Gasteiger partial charge in [0, 0.05) is 60.1 Å². The van der Waals surface area contributed by atoms with Crippen LogP contribution in [0, 0.1) is 0 Å². The van der Waals surface area contributed by atoms with Crippen LogP contribution in [0.1, 0.15) is 57.5 Å². The molecule has 4 aromatic carbocycles. The van der Waals surface area contributed by atoms with E-state index < -0.39 is 30.0 Å². The fourth-order valence-corrected chi connectivity index (χ4v) is 9.19. The summed E-state index contributed by atoms with van der Waals surface area (Å²) in [6.07, 6.45) is 5.65. The molecule has 0 aliphatic heterocycles. The summed E-state index contributed by atoms with van der Waals surface area (Å²) >= 11 is 0. The van der Waals surface area contributed by atoms with Crippen LogP contribution in [0.25, 0.3) is 12.2 Å². The fourth-order valence-electron chi connectivity index (χ4n) is 7.77. The molecule has 0 fully saturated rings. The molecule has 6 rings (SSSR count). The van der Waals surface area contributed by atoms with Crippen molar-refractivity contribution in [2.45, 2.75) is 35.5 Å². The zero-order chi connectivity index (χ0) is 59.1. The van der Waals surface area contributed by atoms with E-state index in [2.05, 4.69) is 82.2 Å². The Bertz CT molecular complexity index is 3110. The second kappa shape index (κ2) is 31.2. The van der Waals surface area contributed by atoms with Crippen LogP contribution in [0.3, 0.4) is 0 Å². The molecule has 0 saturated heterocycles. The second-order valence-electron chi connectivity index (χ2n) is 18.5. The summed E-state index contributed by atoms with van der Waals surface area (Å²) in [5, 5.41) is 41.8. The Morgan fingerprint density at radius 2 is 0.793 bits per heavy atom. The highest BCUT2D eigenvalue weighted by molar-refractivity contribution is 7.86. The first-order valence-electron chi connectivity index (χ1n) is 26.1. The molecule has 0 atom stereocenters. The van der Waals surface area contributed by atoms with Crippen molar-refractivity contribution in [2.75, 3.05) is 125 Å². The maximum Gasteiger partial charge on any atom is 0.295 e. The minimum absolute atomic E-state index is 0.0286. The maximum absolute atomic E-state index is 12.9. The van der Waals surface area contributed by atoms with Crippen molar-refractivity contribution in [1.82, 2.24) is 50.3 Å². The van der Waals surface area contributed by atoms with E-state index in [9.17, 15) is 35.5 Å². The van der Waals surface area contributed by atoms with Crippen LogP contribution in [0.2, 0.25) is 0 Å². The van der Waals surface area contributed by atoms with Gasteiger partial charge in [-0.15, -0.1) is 0 Å². The van der Waals surface area contributed by atoms with Crippen LogP contribution >= 0.6 is 0 Å². The number of carbonyl (C=O) groups excluding carboxylic acids is 2. The van der Waals surface area contributed by atoms with Crippen molar-refractivity contribution in [2.24, 2.45) is 11.5 Å². The number of nitrogens with one attached hydrogen (secondary N) is 8. The molecule has 440 valence electrons. The average molecular weight is 1170 g/mol. The zero-order valence-electron chi connectivity index (χ0n) is 45.3. The number of nitrogens with zero attached hydrogens (tertiary/aromatic N) is 8. The fraction of sp³-hybridized carbons (Fsp3) is 0.346. The van der Waals surface area contributed by atoms with E-state index in [-0.39, 0.29) is 96.3 Å². The largest absolute Gasteiger partial charge is 0.395 e. The standard InChI is InChI=1S/C52H70N18O10S2/c1-69(27-3-21-53)29-5-23-57-47-63-49(59-39-15-11-37(12-16-39)45(73)55-25-31-71)67-51(65-47)61-41-19-9-35(43(33-41)81(75,76)77)7-8-36-10-20-42(34-44(36)82(78,79)80)62-52-66-48(58-24-6-30-70(2)28-4-22-54)64-50(68-52)60-40-17-13-38(14-18-40)46(74)56-26-32-72/h7-20,33-34,71-72H,3-6,21-32,53-54H2,1-2H3,(H,55,73)(H,56,74)(H,75,76,77)(H,78,79,80)(H3,57,59,61,63,65,67)(H3,58,60,62,64,66,68). The van der Waals surface area contributed by atoms with E-state index in [0.717, 1.165) is 64.0 Å². The highest BCUT2D eigenvalue weighted by atomic mass is 32.2. The lowest BCUT2D eigenvalue weighted by molar-refractivity contribution is 0.0937. The molecular weight excluding hydrogens is 1100 g/mol. The highest BCUT2D eigenvalue weighted by Gasteiger charge is 2.20. The Morgan fingerprint density at radius 3 is 1.12 bits per heavy atom. The molecule has 28 nitrogen and oxygen atoms in total. The molecule has 30 heteroatoms. The Morgan fingerprint density at radius 1 is 0.476 bits per heavy atom. The number of aliphatic hydroxyl groups is 2. The lowest BCUT2D eigenvalue weighted by atomic mass is 10.1. The predicted molar refractivity (Wildman–Crippen MR) is 314 cm³/mol.